The van der Waals surface area contributed by atoms with Crippen molar-refractivity contribution in [3.05, 3.63) is 92.0 Å². The van der Waals surface area contributed by atoms with E-state index < -0.39 is 14.0 Å². The van der Waals surface area contributed by atoms with Gasteiger partial charge < -0.3 is 38.1 Å². The van der Waals surface area contributed by atoms with Crippen LogP contribution in [-0.4, -0.2) is 84.6 Å². The van der Waals surface area contributed by atoms with Gasteiger partial charge >= 0.3 is 5.97 Å². The Balaban J connectivity index is 1.38. The molecule has 1 atom stereocenters. The number of carbonyl (C=O) groups is 2. The molecule has 1 N–H and O–H groups in total. The van der Waals surface area contributed by atoms with Gasteiger partial charge in [0.2, 0.25) is 0 Å². The van der Waals surface area contributed by atoms with Crippen LogP contribution < -0.4 is 14.4 Å². The largest absolute Gasteiger partial charge is 0.496 e. The van der Waals surface area contributed by atoms with Crippen LogP contribution >= 0.6 is 23.2 Å². The molecule has 6 aromatic rings. The average molecular weight is 903 g/mol. The highest BCUT2D eigenvalue weighted by molar-refractivity contribution is 6.76. The van der Waals surface area contributed by atoms with Crippen LogP contribution in [-0.2, 0) is 29.2 Å². The van der Waals surface area contributed by atoms with Crippen LogP contribution in [0.3, 0.4) is 0 Å². The van der Waals surface area contributed by atoms with Crippen LogP contribution in [0.25, 0.3) is 32.9 Å². The van der Waals surface area contributed by atoms with Gasteiger partial charge in [0.05, 0.1) is 47.8 Å². The highest BCUT2D eigenvalue weighted by Gasteiger charge is 2.38. The predicted octanol–water partition coefficient (Wildman–Crippen LogP) is 10.9. The van der Waals surface area contributed by atoms with E-state index in [0.29, 0.717) is 72.4 Å². The summed E-state index contributed by atoms with van der Waals surface area (Å²) in [7, 11) is 1.85. The molecule has 12 nitrogen and oxygen atoms in total. The van der Waals surface area contributed by atoms with Crippen LogP contribution in [0.1, 0.15) is 68.4 Å². The van der Waals surface area contributed by atoms with Crippen LogP contribution in [0, 0.1) is 27.7 Å². The van der Waals surface area contributed by atoms with Gasteiger partial charge in [0.15, 0.2) is 0 Å². The monoisotopic (exact) mass is 901 g/mol. The number of hydrogen-bond acceptors (Lipinski definition) is 7. The summed E-state index contributed by atoms with van der Waals surface area (Å²) < 4.78 is 29.3. The Labute approximate surface area is 374 Å². The highest BCUT2D eigenvalue weighted by Crippen LogP contribution is 2.46. The van der Waals surface area contributed by atoms with E-state index in [0.717, 1.165) is 66.9 Å². The number of rotatable bonds is 17. The standard InChI is InChI=1S/C47H57Cl2N5O7Si/c1-27-22-32(23-28(2)42(27)49)61-18-11-12-33-34-13-14-36(48)41(40-30(4)50-53(31(40)5)26-60-20-21-62(8,9)10)44(34)54-29(3)25-52(46(55)45(33)54)37-15-16-39(59-7)35-24-38(47(56)57)51(43(35)37)17-19-58-6/h13-16,22-24,29H,11-12,17-21,25-26H2,1-10H3,(H,56,57). The topological polar surface area (TPSA) is 122 Å². The van der Waals surface area contributed by atoms with E-state index in [-0.39, 0.29) is 30.8 Å². The second-order valence-electron chi connectivity index (χ2n) is 17.5. The number of nitrogens with zero attached hydrogens (tertiary/aromatic N) is 5. The van der Waals surface area contributed by atoms with Crippen molar-refractivity contribution in [1.29, 1.82) is 0 Å². The minimum Gasteiger partial charge on any atom is -0.496 e. The van der Waals surface area contributed by atoms with Gasteiger partial charge in [-0.3, -0.25) is 4.79 Å². The van der Waals surface area contributed by atoms with E-state index in [1.165, 1.54) is 0 Å². The van der Waals surface area contributed by atoms with Crippen molar-refractivity contribution in [3.8, 4) is 22.6 Å². The number of aromatic carboxylic acids is 1. The zero-order chi connectivity index (χ0) is 44.8. The number of fused-ring (bicyclic) bond motifs is 4. The quantitative estimate of drug-likeness (QED) is 0.0709. The molecule has 4 heterocycles. The lowest BCUT2D eigenvalue weighted by Crippen LogP contribution is -2.43. The molecule has 0 spiro atoms. The van der Waals surface area contributed by atoms with Crippen LogP contribution in [0.4, 0.5) is 5.69 Å². The van der Waals surface area contributed by atoms with Gasteiger partial charge in [0.25, 0.3) is 5.91 Å². The van der Waals surface area contributed by atoms with Gasteiger partial charge in [-0.05, 0) is 107 Å². The summed E-state index contributed by atoms with van der Waals surface area (Å²) in [6, 6.07) is 13.9. The number of carbonyl (C=O) groups excluding carboxylic acids is 1. The second kappa shape index (κ2) is 18.1. The Morgan fingerprint density at radius 3 is 2.32 bits per heavy atom. The normalized spacial score (nSPS) is 14.4. The van der Waals surface area contributed by atoms with Gasteiger partial charge in [0, 0.05) is 73.5 Å². The fourth-order valence-corrected chi connectivity index (χ4v) is 9.95. The molecule has 3 aromatic heterocycles. The molecule has 1 unspecified atom stereocenters. The summed E-state index contributed by atoms with van der Waals surface area (Å²) in [5.74, 6) is -0.0447. The molecule has 0 saturated heterocycles. The number of methoxy groups -OCH3 is 2. The number of carboxylic acid groups (broad SMARTS) is 1. The van der Waals surface area contributed by atoms with E-state index in [1.54, 1.807) is 35.8 Å². The summed E-state index contributed by atoms with van der Waals surface area (Å²) in [5.41, 5.74) is 8.91. The van der Waals surface area contributed by atoms with Crippen molar-refractivity contribution in [1.82, 2.24) is 18.9 Å². The van der Waals surface area contributed by atoms with Gasteiger partial charge in [-0.25, -0.2) is 9.48 Å². The summed E-state index contributed by atoms with van der Waals surface area (Å²) in [6.07, 6.45) is 1.15. The number of carboxylic acids is 1. The smallest absolute Gasteiger partial charge is 0.352 e. The first kappa shape index (κ1) is 45.2. The average Bonchev–Trinajstić information content (AvgIpc) is 3.86. The SMILES string of the molecule is COCCn1c(C(=O)O)cc2c(OC)ccc(N3CC(C)n4c(c(CCCOc5cc(C)c(Cl)c(C)c5)c5ccc(Cl)c(-c6c(C)nn(COCC[Si](C)(C)C)c6C)c54)C3=O)c21. The molecule has 1 aliphatic rings. The van der Waals surface area contributed by atoms with Gasteiger partial charge in [-0.2, -0.15) is 5.10 Å². The maximum absolute atomic E-state index is 15.5. The Kier molecular flexibility index (Phi) is 13.2. The number of amides is 1. The number of halogens is 2. The molecule has 0 radical (unpaired) electrons. The van der Waals surface area contributed by atoms with Crippen molar-refractivity contribution in [2.75, 3.05) is 45.5 Å². The highest BCUT2D eigenvalue weighted by atomic mass is 35.5. The maximum Gasteiger partial charge on any atom is 0.352 e. The van der Waals surface area contributed by atoms with Crippen molar-refractivity contribution in [2.45, 2.75) is 92.5 Å². The molecule has 0 bridgehead atoms. The van der Waals surface area contributed by atoms with Crippen molar-refractivity contribution in [3.63, 3.8) is 0 Å². The molecule has 1 aliphatic heterocycles. The Morgan fingerprint density at radius 2 is 1.66 bits per heavy atom. The Bertz CT molecular complexity index is 2670. The van der Waals surface area contributed by atoms with E-state index in [4.69, 9.17) is 47.2 Å². The van der Waals surface area contributed by atoms with Crippen molar-refractivity contribution >= 4 is 70.6 Å². The van der Waals surface area contributed by atoms with Crippen LogP contribution in [0.2, 0.25) is 35.7 Å². The minimum atomic E-state index is -1.28. The molecule has 62 heavy (non-hydrogen) atoms. The summed E-state index contributed by atoms with van der Waals surface area (Å²) in [6.45, 7) is 19.3. The summed E-state index contributed by atoms with van der Waals surface area (Å²) in [4.78, 5) is 29.9. The molecule has 15 heteroatoms. The molecular formula is C47H57Cl2N5O7Si. The first-order chi connectivity index (χ1) is 29.5. The zero-order valence-corrected chi connectivity index (χ0v) is 39.9. The predicted molar refractivity (Wildman–Crippen MR) is 250 cm³/mol. The van der Waals surface area contributed by atoms with Crippen molar-refractivity contribution < 1.29 is 33.6 Å². The van der Waals surface area contributed by atoms with Crippen LogP contribution in [0.5, 0.6) is 11.5 Å². The molecule has 1 amide bonds. The van der Waals surface area contributed by atoms with Crippen LogP contribution in [0.15, 0.2) is 42.5 Å². The molecule has 330 valence electrons. The van der Waals surface area contributed by atoms with Crippen molar-refractivity contribution in [2.24, 2.45) is 0 Å². The van der Waals surface area contributed by atoms with E-state index in [9.17, 15) is 9.90 Å². The molecule has 7 rings (SSSR count). The molecule has 3 aromatic carbocycles. The minimum absolute atomic E-state index is 0.0770. The Hall–Kier alpha value is -4.79. The van der Waals surface area contributed by atoms with Gasteiger partial charge in [-0.1, -0.05) is 48.9 Å². The third-order valence-corrected chi connectivity index (χ3v) is 14.5. The van der Waals surface area contributed by atoms with Gasteiger partial charge in [0.1, 0.15) is 29.6 Å². The van der Waals surface area contributed by atoms with E-state index in [1.807, 2.05) is 62.7 Å². The number of aromatic nitrogens is 4. The maximum atomic E-state index is 15.5. The van der Waals surface area contributed by atoms with E-state index in [2.05, 4.69) is 31.1 Å². The lowest BCUT2D eigenvalue weighted by Gasteiger charge is -2.35. The lowest BCUT2D eigenvalue weighted by molar-refractivity contribution is 0.0683. The van der Waals surface area contributed by atoms with E-state index >= 15 is 4.79 Å². The summed E-state index contributed by atoms with van der Waals surface area (Å²) in [5, 5.41) is 18.1. The summed E-state index contributed by atoms with van der Waals surface area (Å²) >= 11 is 13.7. The first-order valence-electron chi connectivity index (χ1n) is 21.1. The molecular weight excluding hydrogens is 846 g/mol. The number of anilines is 1. The third-order valence-electron chi connectivity index (χ3n) is 11.9. The molecule has 0 aliphatic carbocycles. The first-order valence-corrected chi connectivity index (χ1v) is 25.5. The fourth-order valence-electron chi connectivity index (χ4n) is 8.84. The second-order valence-corrected chi connectivity index (χ2v) is 23.9. The zero-order valence-electron chi connectivity index (χ0n) is 37.4. The number of aryl methyl sites for hydroxylation is 4. The fraction of sp³-hybridized carbons (Fsp3) is 0.426. The molecule has 0 saturated carbocycles. The van der Waals surface area contributed by atoms with Gasteiger partial charge in [-0.15, -0.1) is 0 Å². The lowest BCUT2D eigenvalue weighted by atomic mass is 9.98. The number of hydrogen-bond donors (Lipinski definition) is 1. The number of benzene rings is 3. The molecule has 0 fully saturated rings. The number of ether oxygens (including phenoxy) is 4. The third kappa shape index (κ3) is 8.49. The Morgan fingerprint density at radius 1 is 0.935 bits per heavy atom.